The molecule has 0 aromatic carbocycles. The van der Waals surface area contributed by atoms with Crippen molar-refractivity contribution < 1.29 is 37.4 Å². The topological polar surface area (TPSA) is 9.23 Å². The molecule has 1 saturated carbocycles. The van der Waals surface area contributed by atoms with Crippen molar-refractivity contribution in [3.05, 3.63) is 43.0 Å². The Labute approximate surface area is 131 Å². The summed E-state index contributed by atoms with van der Waals surface area (Å²) in [5.74, 6) is 0. The van der Waals surface area contributed by atoms with Gasteiger partial charge in [-0.2, -0.15) is 0 Å². The van der Waals surface area contributed by atoms with Gasteiger partial charge >= 0.3 is 119 Å². The Morgan fingerprint density at radius 3 is 1.95 bits per heavy atom. The van der Waals surface area contributed by atoms with E-state index in [1.807, 2.05) is 0 Å². The van der Waals surface area contributed by atoms with Gasteiger partial charge in [-0.1, -0.05) is 0 Å². The quantitative estimate of drug-likeness (QED) is 0.743. The molecule has 0 unspecified atom stereocenters. The van der Waals surface area contributed by atoms with Crippen LogP contribution in [0.15, 0.2) is 43.0 Å². The third-order valence-corrected chi connectivity index (χ3v) is 10.1. The monoisotopic (exact) mass is 354 g/mol. The predicted octanol–water partition coefficient (Wildman–Crippen LogP) is 1.56. The molecule has 0 bridgehead atoms. The Kier molecular flexibility index (Phi) is 6.33. The maximum Gasteiger partial charge on any atom is -1.00 e. The van der Waals surface area contributed by atoms with Gasteiger partial charge in [0.05, 0.1) is 0 Å². The summed E-state index contributed by atoms with van der Waals surface area (Å²) in [5, 5.41) is 0. The van der Waals surface area contributed by atoms with Gasteiger partial charge in [-0.05, 0) is 0 Å². The number of rotatable bonds is 4. The molecular formula is C16H21ClOZr. The summed E-state index contributed by atoms with van der Waals surface area (Å²) in [6, 6.07) is 0. The molecule has 1 nitrogen and oxygen atoms in total. The number of hydrogen-bond acceptors (Lipinski definition) is 1. The van der Waals surface area contributed by atoms with Crippen LogP contribution in [-0.4, -0.2) is 6.10 Å². The van der Waals surface area contributed by atoms with E-state index in [-0.39, 0.29) is 12.4 Å². The van der Waals surface area contributed by atoms with Gasteiger partial charge in [-0.15, -0.1) is 0 Å². The molecule has 0 amide bonds. The van der Waals surface area contributed by atoms with Crippen LogP contribution in [-0.2, 0) is 25.0 Å². The summed E-state index contributed by atoms with van der Waals surface area (Å²) in [7, 11) is 0. The standard InChI is InChI=1S/C6H11O.2C5H5.ClH.Zr/c7-6-4-2-1-3-5-6;2*1-2-4-5-3-1;;/h6H,1-5H2;2*1-3H,4H2;1H;/q-1;;;;+2/p-1. The Bertz CT molecular complexity index is 386. The summed E-state index contributed by atoms with van der Waals surface area (Å²) >= 11 is -1.96. The molecule has 0 aromatic heterocycles. The predicted molar refractivity (Wildman–Crippen MR) is 71.6 cm³/mol. The van der Waals surface area contributed by atoms with E-state index in [1.54, 1.807) is 6.56 Å². The Hall–Kier alpha value is 0.0931. The van der Waals surface area contributed by atoms with Crippen LogP contribution < -0.4 is 12.4 Å². The second kappa shape index (κ2) is 7.76. The fourth-order valence-electron chi connectivity index (χ4n) is 2.94. The number of hydrogen-bond donors (Lipinski definition) is 0. The molecule has 0 atom stereocenters. The molecule has 3 heteroatoms. The van der Waals surface area contributed by atoms with Crippen LogP contribution in [0.1, 0.15) is 44.9 Å². The van der Waals surface area contributed by atoms with Gasteiger partial charge in [-0.25, -0.2) is 0 Å². The van der Waals surface area contributed by atoms with Crippen molar-refractivity contribution in [2.75, 3.05) is 0 Å². The first kappa shape index (κ1) is 15.5. The fourth-order valence-corrected chi connectivity index (χ4v) is 8.80. The number of allylic oxidation sites excluding steroid dienone is 8. The van der Waals surface area contributed by atoms with Gasteiger partial charge in [0.25, 0.3) is 0 Å². The second-order valence-electron chi connectivity index (χ2n) is 5.36. The third-order valence-electron chi connectivity index (χ3n) is 3.96. The van der Waals surface area contributed by atoms with Crippen molar-refractivity contribution >= 4 is 0 Å². The van der Waals surface area contributed by atoms with Crippen molar-refractivity contribution in [2.24, 2.45) is 0 Å². The van der Waals surface area contributed by atoms with Gasteiger partial charge in [-0.3, -0.25) is 0 Å². The molecule has 0 aliphatic heterocycles. The smallest absolute Gasteiger partial charge is 1.00 e. The summed E-state index contributed by atoms with van der Waals surface area (Å²) < 4.78 is 9.91. The zero-order valence-electron chi connectivity index (χ0n) is 11.3. The molecule has 0 N–H and O–H groups in total. The first-order valence-corrected chi connectivity index (χ1v) is 10.7. The van der Waals surface area contributed by atoms with E-state index >= 15 is 0 Å². The molecule has 0 heterocycles. The van der Waals surface area contributed by atoms with Crippen molar-refractivity contribution in [2.45, 2.75) is 51.0 Å². The van der Waals surface area contributed by atoms with Crippen LogP contribution in [0.5, 0.6) is 0 Å². The molecule has 19 heavy (non-hydrogen) atoms. The van der Waals surface area contributed by atoms with E-state index in [4.69, 9.17) is 2.81 Å². The van der Waals surface area contributed by atoms with Gasteiger partial charge < -0.3 is 12.4 Å². The first-order valence-electron chi connectivity index (χ1n) is 7.19. The molecule has 102 valence electrons. The Morgan fingerprint density at radius 2 is 1.47 bits per heavy atom. The normalized spacial score (nSPS) is 22.1. The molecule has 0 radical (unpaired) electrons. The van der Waals surface area contributed by atoms with Crippen LogP contribution in [0.3, 0.4) is 0 Å². The van der Waals surface area contributed by atoms with E-state index in [2.05, 4.69) is 36.5 Å². The van der Waals surface area contributed by atoms with Crippen LogP contribution in [0.25, 0.3) is 0 Å². The zero-order valence-corrected chi connectivity index (χ0v) is 14.5. The molecule has 0 aromatic rings. The van der Waals surface area contributed by atoms with Crippen LogP contribution in [0, 0.1) is 0 Å². The molecule has 0 spiro atoms. The Morgan fingerprint density at radius 1 is 0.895 bits per heavy atom. The molecule has 3 rings (SSSR count). The van der Waals surface area contributed by atoms with E-state index in [0.29, 0.717) is 6.10 Å². The molecular weight excluding hydrogens is 335 g/mol. The van der Waals surface area contributed by atoms with Crippen molar-refractivity contribution in [1.82, 2.24) is 0 Å². The minimum absolute atomic E-state index is 0. The largest absolute Gasteiger partial charge is 1.00 e. The van der Waals surface area contributed by atoms with Gasteiger partial charge in [0, 0.05) is 0 Å². The minimum Gasteiger partial charge on any atom is -1.00 e. The molecule has 0 saturated heterocycles. The first-order chi connectivity index (χ1) is 8.93. The fraction of sp³-hybridized carbons (Fsp3) is 0.500. The average Bonchev–Trinajstić information content (AvgIpc) is 3.11. The van der Waals surface area contributed by atoms with Gasteiger partial charge in [0.15, 0.2) is 0 Å². The summed E-state index contributed by atoms with van der Waals surface area (Å²) in [5.41, 5.74) is 0. The van der Waals surface area contributed by atoms with Crippen LogP contribution in [0.2, 0.25) is 0 Å². The van der Waals surface area contributed by atoms with Crippen molar-refractivity contribution in [3.8, 4) is 0 Å². The minimum atomic E-state index is -1.96. The van der Waals surface area contributed by atoms with E-state index < -0.39 is 22.2 Å². The Balaban J connectivity index is 0.00000133. The van der Waals surface area contributed by atoms with Gasteiger partial charge in [0.1, 0.15) is 0 Å². The van der Waals surface area contributed by atoms with Crippen LogP contribution in [0.4, 0.5) is 0 Å². The van der Waals surface area contributed by atoms with Gasteiger partial charge in [0.2, 0.25) is 0 Å². The average molecular weight is 356 g/mol. The summed E-state index contributed by atoms with van der Waals surface area (Å²) in [4.78, 5) is 0. The molecule has 3 aliphatic rings. The second-order valence-corrected chi connectivity index (χ2v) is 10.7. The van der Waals surface area contributed by atoms with Crippen molar-refractivity contribution in [3.63, 3.8) is 0 Å². The zero-order chi connectivity index (χ0) is 12.2. The van der Waals surface area contributed by atoms with E-state index in [0.717, 1.165) is 12.8 Å². The summed E-state index contributed by atoms with van der Waals surface area (Å²) in [6.45, 7) is 0. The van der Waals surface area contributed by atoms with E-state index in [9.17, 15) is 0 Å². The number of halogens is 1. The molecule has 1 fully saturated rings. The molecule has 3 aliphatic carbocycles. The van der Waals surface area contributed by atoms with E-state index in [1.165, 1.54) is 32.1 Å². The van der Waals surface area contributed by atoms with Crippen LogP contribution >= 0.6 is 0 Å². The third kappa shape index (κ3) is 4.03. The SMILES string of the molecule is C1=CC[C]([Zr+]([O]C2CCCCC2)[C]2=CC=CC2)=C1.[Cl-]. The van der Waals surface area contributed by atoms with Crippen molar-refractivity contribution in [1.29, 1.82) is 0 Å². The maximum atomic E-state index is 6.64. The summed E-state index contributed by atoms with van der Waals surface area (Å²) in [6.07, 6.45) is 23.3. The maximum absolute atomic E-state index is 6.64.